The fourth-order valence-electron chi connectivity index (χ4n) is 2.41. The molecule has 2 nitrogen and oxygen atoms in total. The SMILES string of the molecule is N#CSCC1(c2cccc(Cl)c2)CN=C(c2ccccc2)S1. The lowest BCUT2D eigenvalue weighted by atomic mass is 10.0. The van der Waals surface area contributed by atoms with Crippen molar-refractivity contribution in [1.29, 1.82) is 5.26 Å². The zero-order valence-electron chi connectivity index (χ0n) is 11.7. The van der Waals surface area contributed by atoms with E-state index < -0.39 is 0 Å². The summed E-state index contributed by atoms with van der Waals surface area (Å²) in [5.74, 6) is 0.689. The minimum Gasteiger partial charge on any atom is -0.276 e. The highest BCUT2D eigenvalue weighted by Crippen LogP contribution is 2.46. The molecule has 0 amide bonds. The van der Waals surface area contributed by atoms with Gasteiger partial charge in [-0.3, -0.25) is 4.99 Å². The van der Waals surface area contributed by atoms with E-state index in [1.165, 1.54) is 11.8 Å². The standard InChI is InChI=1S/C17H13ClN2S2/c18-15-8-4-7-14(9-15)17(11-21-12-19)10-20-16(22-17)13-5-2-1-3-6-13/h1-9H,10-11H2. The average Bonchev–Trinajstić information content (AvgIpc) is 3.00. The number of hydrogen-bond acceptors (Lipinski definition) is 4. The molecule has 2 aromatic rings. The summed E-state index contributed by atoms with van der Waals surface area (Å²) < 4.78 is -0.226. The summed E-state index contributed by atoms with van der Waals surface area (Å²) in [7, 11) is 0. The van der Waals surface area contributed by atoms with Gasteiger partial charge in [-0.15, -0.1) is 0 Å². The number of thioether (sulfide) groups is 2. The molecule has 0 spiro atoms. The maximum atomic E-state index is 8.97. The Hall–Kier alpha value is -1.41. The molecule has 110 valence electrons. The topological polar surface area (TPSA) is 36.1 Å². The molecule has 1 atom stereocenters. The van der Waals surface area contributed by atoms with Gasteiger partial charge >= 0.3 is 0 Å². The first-order valence-corrected chi connectivity index (χ1v) is 8.97. The van der Waals surface area contributed by atoms with Gasteiger partial charge in [0.05, 0.1) is 16.3 Å². The van der Waals surface area contributed by atoms with E-state index >= 15 is 0 Å². The molecule has 0 saturated heterocycles. The van der Waals surface area contributed by atoms with E-state index in [4.69, 9.17) is 21.9 Å². The number of hydrogen-bond donors (Lipinski definition) is 0. The van der Waals surface area contributed by atoms with Crippen LogP contribution in [0.25, 0.3) is 0 Å². The molecule has 1 heterocycles. The molecule has 0 saturated carbocycles. The van der Waals surface area contributed by atoms with Crippen LogP contribution < -0.4 is 0 Å². The molecule has 2 aromatic carbocycles. The third kappa shape index (κ3) is 3.17. The van der Waals surface area contributed by atoms with Gasteiger partial charge in [-0.05, 0) is 29.5 Å². The quantitative estimate of drug-likeness (QED) is 0.737. The summed E-state index contributed by atoms with van der Waals surface area (Å²) in [6, 6.07) is 18.0. The highest BCUT2D eigenvalue weighted by Gasteiger charge is 2.39. The minimum absolute atomic E-state index is 0.226. The van der Waals surface area contributed by atoms with Crippen LogP contribution in [0.1, 0.15) is 11.1 Å². The second kappa shape index (κ2) is 6.78. The number of rotatable bonds is 4. The van der Waals surface area contributed by atoms with Crippen molar-refractivity contribution >= 4 is 40.2 Å². The summed E-state index contributed by atoms with van der Waals surface area (Å²) in [6.07, 6.45) is 0. The predicted molar refractivity (Wildman–Crippen MR) is 96.6 cm³/mol. The Morgan fingerprint density at radius 2 is 2.05 bits per heavy atom. The molecule has 1 unspecified atom stereocenters. The number of thiocyanates is 1. The number of nitriles is 1. The second-order valence-corrected chi connectivity index (χ2v) is 7.54. The second-order valence-electron chi connectivity index (χ2n) is 4.97. The Labute approximate surface area is 143 Å². The van der Waals surface area contributed by atoms with Crippen LogP contribution in [-0.2, 0) is 4.75 Å². The summed E-state index contributed by atoms with van der Waals surface area (Å²) in [4.78, 5) is 4.73. The zero-order chi connectivity index (χ0) is 15.4. The van der Waals surface area contributed by atoms with Crippen molar-refractivity contribution in [2.24, 2.45) is 4.99 Å². The summed E-state index contributed by atoms with van der Waals surface area (Å²) in [6.45, 7) is 0.664. The fourth-order valence-corrected chi connectivity index (χ4v) is 4.69. The smallest absolute Gasteiger partial charge is 0.133 e. The average molecular weight is 345 g/mol. The Morgan fingerprint density at radius 1 is 1.23 bits per heavy atom. The molecule has 3 rings (SSSR count). The third-order valence-electron chi connectivity index (χ3n) is 3.51. The van der Waals surface area contributed by atoms with Gasteiger partial charge in [0.2, 0.25) is 0 Å². The third-order valence-corrected chi connectivity index (χ3v) is 6.15. The molecule has 0 fully saturated rings. The number of aliphatic imine (C=N–C) groups is 1. The van der Waals surface area contributed by atoms with Crippen LogP contribution in [0, 0.1) is 10.7 Å². The zero-order valence-corrected chi connectivity index (χ0v) is 14.1. The van der Waals surface area contributed by atoms with Crippen molar-refractivity contribution in [3.8, 4) is 5.40 Å². The molecule has 0 aromatic heterocycles. The van der Waals surface area contributed by atoms with Gasteiger partial charge in [-0.2, -0.15) is 5.26 Å². The lowest BCUT2D eigenvalue weighted by molar-refractivity contribution is 0.734. The van der Waals surface area contributed by atoms with Crippen LogP contribution in [0.2, 0.25) is 5.02 Å². The first kappa shape index (κ1) is 15.5. The summed E-state index contributed by atoms with van der Waals surface area (Å²) in [5, 5.41) is 12.9. The molecule has 5 heteroatoms. The Balaban J connectivity index is 1.92. The van der Waals surface area contributed by atoms with Crippen molar-refractivity contribution in [1.82, 2.24) is 0 Å². The monoisotopic (exact) mass is 344 g/mol. The first-order chi connectivity index (χ1) is 10.7. The number of nitrogens with zero attached hydrogens (tertiary/aromatic N) is 2. The summed E-state index contributed by atoms with van der Waals surface area (Å²) >= 11 is 9.16. The normalized spacial score (nSPS) is 20.5. The van der Waals surface area contributed by atoms with Crippen molar-refractivity contribution < 1.29 is 0 Å². The van der Waals surface area contributed by atoms with Gasteiger partial charge < -0.3 is 0 Å². The van der Waals surface area contributed by atoms with E-state index in [2.05, 4.69) is 23.6 Å². The number of benzene rings is 2. The van der Waals surface area contributed by atoms with Crippen molar-refractivity contribution in [3.05, 3.63) is 70.7 Å². The van der Waals surface area contributed by atoms with Crippen LogP contribution in [0.4, 0.5) is 0 Å². The highest BCUT2D eigenvalue weighted by molar-refractivity contribution is 8.16. The van der Waals surface area contributed by atoms with Crippen LogP contribution in [0.15, 0.2) is 59.6 Å². The van der Waals surface area contributed by atoms with Gasteiger partial charge in [0.1, 0.15) is 5.40 Å². The lowest BCUT2D eigenvalue weighted by Gasteiger charge is -2.26. The maximum Gasteiger partial charge on any atom is 0.133 e. The molecule has 1 aliphatic rings. The Kier molecular flexibility index (Phi) is 4.77. The van der Waals surface area contributed by atoms with Crippen molar-refractivity contribution in [2.45, 2.75) is 4.75 Å². The van der Waals surface area contributed by atoms with Crippen LogP contribution in [0.5, 0.6) is 0 Å². The van der Waals surface area contributed by atoms with Crippen LogP contribution in [0.3, 0.4) is 0 Å². The largest absolute Gasteiger partial charge is 0.276 e. The lowest BCUT2D eigenvalue weighted by Crippen LogP contribution is -2.26. The summed E-state index contributed by atoms with van der Waals surface area (Å²) in [5.41, 5.74) is 2.25. The minimum atomic E-state index is -0.226. The van der Waals surface area contributed by atoms with E-state index in [1.54, 1.807) is 11.8 Å². The van der Waals surface area contributed by atoms with Gasteiger partial charge in [0.25, 0.3) is 0 Å². The van der Waals surface area contributed by atoms with E-state index in [9.17, 15) is 0 Å². The number of halogens is 1. The first-order valence-electron chi connectivity index (χ1n) is 6.79. The molecular formula is C17H13ClN2S2. The van der Waals surface area contributed by atoms with E-state index in [1.807, 2.05) is 36.4 Å². The van der Waals surface area contributed by atoms with E-state index in [-0.39, 0.29) is 4.75 Å². The van der Waals surface area contributed by atoms with E-state index in [0.717, 1.165) is 16.2 Å². The van der Waals surface area contributed by atoms with Gasteiger partial charge in [0, 0.05) is 16.3 Å². The maximum absolute atomic E-state index is 8.97. The van der Waals surface area contributed by atoms with Crippen molar-refractivity contribution in [2.75, 3.05) is 12.3 Å². The van der Waals surface area contributed by atoms with Crippen LogP contribution >= 0.6 is 35.1 Å². The van der Waals surface area contributed by atoms with Gasteiger partial charge in [-0.25, -0.2) is 0 Å². The predicted octanol–water partition coefficient (Wildman–Crippen LogP) is 4.94. The molecule has 0 radical (unpaired) electrons. The molecule has 0 bridgehead atoms. The van der Waals surface area contributed by atoms with Gasteiger partial charge in [-0.1, -0.05) is 65.8 Å². The molecular weight excluding hydrogens is 332 g/mol. The fraction of sp³-hybridized carbons (Fsp3) is 0.176. The molecule has 0 aliphatic carbocycles. The van der Waals surface area contributed by atoms with Crippen molar-refractivity contribution in [3.63, 3.8) is 0 Å². The Morgan fingerprint density at radius 3 is 2.77 bits per heavy atom. The van der Waals surface area contributed by atoms with Gasteiger partial charge in [0.15, 0.2) is 0 Å². The Bertz CT molecular complexity index is 740. The van der Waals surface area contributed by atoms with E-state index in [0.29, 0.717) is 17.3 Å². The molecule has 1 aliphatic heterocycles. The molecule has 22 heavy (non-hydrogen) atoms. The van der Waals surface area contributed by atoms with Crippen LogP contribution in [-0.4, -0.2) is 17.3 Å². The highest BCUT2D eigenvalue weighted by atomic mass is 35.5. The molecule has 0 N–H and O–H groups in total.